The lowest BCUT2D eigenvalue weighted by Gasteiger charge is -2.27. The van der Waals surface area contributed by atoms with Gasteiger partial charge in [0.05, 0.1) is 17.6 Å². The van der Waals surface area contributed by atoms with Crippen LogP contribution in [0.25, 0.3) is 10.9 Å². The predicted octanol–water partition coefficient (Wildman–Crippen LogP) is 2.53. The molecule has 1 aliphatic heterocycles. The first kappa shape index (κ1) is 17.5. The smallest absolute Gasteiger partial charge is 0.226 e. The molecule has 1 aromatic heterocycles. The first-order chi connectivity index (χ1) is 11.8. The maximum Gasteiger partial charge on any atom is 0.226 e. The highest BCUT2D eigenvalue weighted by Crippen LogP contribution is 2.22. The van der Waals surface area contributed by atoms with Crippen LogP contribution in [0.2, 0.25) is 0 Å². The molecule has 0 saturated heterocycles. The average molecular weight is 357 g/mol. The van der Waals surface area contributed by atoms with Gasteiger partial charge in [-0.1, -0.05) is 42.5 Å². The molecule has 0 fully saturated rings. The second-order valence-electron chi connectivity index (χ2n) is 6.16. The van der Waals surface area contributed by atoms with Gasteiger partial charge >= 0.3 is 0 Å². The van der Waals surface area contributed by atoms with E-state index in [1.165, 1.54) is 11.1 Å². The number of aromatic nitrogens is 2. The fourth-order valence-corrected chi connectivity index (χ4v) is 3.36. The van der Waals surface area contributed by atoms with Gasteiger partial charge < -0.3 is 10.6 Å². The Morgan fingerprint density at radius 3 is 2.88 bits per heavy atom. The van der Waals surface area contributed by atoms with Gasteiger partial charge in [-0.25, -0.2) is 0 Å². The van der Waals surface area contributed by atoms with Crippen molar-refractivity contribution >= 4 is 29.2 Å². The van der Waals surface area contributed by atoms with E-state index < -0.39 is 0 Å². The van der Waals surface area contributed by atoms with Crippen molar-refractivity contribution in [1.29, 1.82) is 0 Å². The minimum Gasteiger partial charge on any atom is -0.354 e. The van der Waals surface area contributed by atoms with E-state index in [2.05, 4.69) is 45.1 Å². The maximum absolute atomic E-state index is 12.3. The first-order valence-corrected chi connectivity index (χ1v) is 8.31. The van der Waals surface area contributed by atoms with Crippen molar-refractivity contribution in [2.75, 3.05) is 13.1 Å². The number of benzene rings is 2. The molecule has 1 amide bonds. The summed E-state index contributed by atoms with van der Waals surface area (Å²) in [5.41, 5.74) is 4.41. The van der Waals surface area contributed by atoms with Crippen molar-refractivity contribution in [3.63, 3.8) is 0 Å². The third-order valence-corrected chi connectivity index (χ3v) is 4.60. The van der Waals surface area contributed by atoms with Gasteiger partial charge in [-0.15, -0.1) is 12.4 Å². The number of nitrogens with zero attached hydrogens (tertiary/aromatic N) is 1. The quantitative estimate of drug-likeness (QED) is 0.672. The third-order valence-electron chi connectivity index (χ3n) is 4.60. The summed E-state index contributed by atoms with van der Waals surface area (Å²) in [5.74, 6) is 0.00857. The SMILES string of the molecule is Cl.O=C(Cc1[nH]nc2ccccc12)NCC1NCCc2ccccc21. The summed E-state index contributed by atoms with van der Waals surface area (Å²) in [6.45, 7) is 1.55. The summed E-state index contributed by atoms with van der Waals surface area (Å²) in [7, 11) is 0. The summed E-state index contributed by atoms with van der Waals surface area (Å²) < 4.78 is 0. The predicted molar refractivity (Wildman–Crippen MR) is 101 cm³/mol. The van der Waals surface area contributed by atoms with Gasteiger partial charge in [0.1, 0.15) is 0 Å². The molecule has 0 spiro atoms. The molecule has 3 N–H and O–H groups in total. The van der Waals surface area contributed by atoms with Crippen molar-refractivity contribution < 1.29 is 4.79 Å². The van der Waals surface area contributed by atoms with Gasteiger partial charge in [-0.2, -0.15) is 5.10 Å². The molecule has 0 bridgehead atoms. The highest BCUT2D eigenvalue weighted by atomic mass is 35.5. The lowest BCUT2D eigenvalue weighted by Crippen LogP contribution is -2.39. The Hall–Kier alpha value is -2.37. The van der Waals surface area contributed by atoms with Crippen molar-refractivity contribution in [2.45, 2.75) is 18.9 Å². The molecule has 130 valence electrons. The zero-order valence-electron chi connectivity index (χ0n) is 13.8. The van der Waals surface area contributed by atoms with Crippen LogP contribution in [0.3, 0.4) is 0 Å². The van der Waals surface area contributed by atoms with Gasteiger partial charge in [0.25, 0.3) is 0 Å². The van der Waals surface area contributed by atoms with E-state index in [-0.39, 0.29) is 24.4 Å². The Morgan fingerprint density at radius 1 is 1.16 bits per heavy atom. The Kier molecular flexibility index (Phi) is 5.36. The van der Waals surface area contributed by atoms with Crippen molar-refractivity contribution in [3.8, 4) is 0 Å². The van der Waals surface area contributed by atoms with Gasteiger partial charge in [0.15, 0.2) is 0 Å². The number of carbonyl (C=O) groups is 1. The molecule has 1 unspecified atom stereocenters. The second-order valence-corrected chi connectivity index (χ2v) is 6.16. The van der Waals surface area contributed by atoms with Crippen LogP contribution in [-0.2, 0) is 17.6 Å². The summed E-state index contributed by atoms with van der Waals surface area (Å²) in [4.78, 5) is 12.3. The normalized spacial score (nSPS) is 16.1. The number of nitrogens with one attached hydrogen (secondary N) is 3. The number of hydrogen-bond acceptors (Lipinski definition) is 3. The summed E-state index contributed by atoms with van der Waals surface area (Å²) in [5, 5.41) is 14.7. The number of halogens is 1. The van der Waals surface area contributed by atoms with E-state index in [1.807, 2.05) is 24.3 Å². The molecule has 2 heterocycles. The molecule has 0 saturated carbocycles. The van der Waals surface area contributed by atoms with Gasteiger partial charge in [-0.05, 0) is 30.2 Å². The van der Waals surface area contributed by atoms with Gasteiger partial charge in [-0.3, -0.25) is 9.89 Å². The number of rotatable bonds is 4. The Balaban J connectivity index is 0.00000182. The molecule has 1 aliphatic rings. The van der Waals surface area contributed by atoms with E-state index in [0.29, 0.717) is 13.0 Å². The first-order valence-electron chi connectivity index (χ1n) is 8.31. The van der Waals surface area contributed by atoms with Crippen LogP contribution in [0.1, 0.15) is 22.9 Å². The van der Waals surface area contributed by atoms with E-state index in [0.717, 1.165) is 29.6 Å². The molecular formula is C19H21ClN4O. The van der Waals surface area contributed by atoms with E-state index in [1.54, 1.807) is 0 Å². The fraction of sp³-hybridized carbons (Fsp3) is 0.263. The lowest BCUT2D eigenvalue weighted by molar-refractivity contribution is -0.120. The average Bonchev–Trinajstić information content (AvgIpc) is 3.03. The standard InChI is InChI=1S/C19H20N4O.ClH/c24-19(11-17-15-7-3-4-8-16(15)22-23-17)21-12-18-14-6-2-1-5-13(14)9-10-20-18;/h1-8,18,20H,9-12H2,(H,21,24)(H,22,23);1H. The maximum atomic E-state index is 12.3. The van der Waals surface area contributed by atoms with Crippen LogP contribution in [0.5, 0.6) is 0 Å². The van der Waals surface area contributed by atoms with E-state index in [9.17, 15) is 4.79 Å². The molecule has 1 atom stereocenters. The fourth-order valence-electron chi connectivity index (χ4n) is 3.36. The summed E-state index contributed by atoms with van der Waals surface area (Å²) in [6, 6.07) is 16.4. The lowest BCUT2D eigenvalue weighted by atomic mass is 9.94. The molecule has 0 aliphatic carbocycles. The van der Waals surface area contributed by atoms with E-state index in [4.69, 9.17) is 0 Å². The molecule has 2 aromatic carbocycles. The van der Waals surface area contributed by atoms with Crippen LogP contribution in [-0.4, -0.2) is 29.2 Å². The van der Waals surface area contributed by atoms with Crippen molar-refractivity contribution in [1.82, 2.24) is 20.8 Å². The molecule has 5 nitrogen and oxygen atoms in total. The number of amides is 1. The Bertz CT molecular complexity index is 876. The highest BCUT2D eigenvalue weighted by molar-refractivity contribution is 5.87. The van der Waals surface area contributed by atoms with E-state index >= 15 is 0 Å². The highest BCUT2D eigenvalue weighted by Gasteiger charge is 2.19. The number of para-hydroxylation sites is 1. The van der Waals surface area contributed by atoms with Crippen LogP contribution < -0.4 is 10.6 Å². The van der Waals surface area contributed by atoms with Crippen molar-refractivity contribution in [3.05, 3.63) is 65.4 Å². The summed E-state index contributed by atoms with van der Waals surface area (Å²) in [6.07, 6.45) is 1.36. The van der Waals surface area contributed by atoms with Crippen LogP contribution >= 0.6 is 12.4 Å². The number of aromatic amines is 1. The third kappa shape index (κ3) is 3.67. The number of fused-ring (bicyclic) bond motifs is 2. The Morgan fingerprint density at radius 2 is 1.96 bits per heavy atom. The monoisotopic (exact) mass is 356 g/mol. The topological polar surface area (TPSA) is 69.8 Å². The molecular weight excluding hydrogens is 336 g/mol. The van der Waals surface area contributed by atoms with Gasteiger partial charge in [0, 0.05) is 18.0 Å². The molecule has 25 heavy (non-hydrogen) atoms. The van der Waals surface area contributed by atoms with Crippen LogP contribution in [0.4, 0.5) is 0 Å². The number of hydrogen-bond donors (Lipinski definition) is 3. The van der Waals surface area contributed by atoms with Crippen molar-refractivity contribution in [2.24, 2.45) is 0 Å². The van der Waals surface area contributed by atoms with Gasteiger partial charge in [0.2, 0.25) is 5.91 Å². The van der Waals surface area contributed by atoms with Crippen LogP contribution in [0.15, 0.2) is 48.5 Å². The second kappa shape index (κ2) is 7.68. The zero-order chi connectivity index (χ0) is 16.4. The Labute approximate surface area is 152 Å². The number of carbonyl (C=O) groups excluding carboxylic acids is 1. The summed E-state index contributed by atoms with van der Waals surface area (Å²) >= 11 is 0. The largest absolute Gasteiger partial charge is 0.354 e. The minimum atomic E-state index is 0. The molecule has 3 aromatic rings. The molecule has 6 heteroatoms. The minimum absolute atomic E-state index is 0. The molecule has 4 rings (SSSR count). The molecule has 0 radical (unpaired) electrons. The van der Waals surface area contributed by atoms with Crippen LogP contribution in [0, 0.1) is 0 Å². The number of H-pyrrole nitrogens is 1. The zero-order valence-corrected chi connectivity index (χ0v) is 14.6.